The van der Waals surface area contributed by atoms with Crippen molar-refractivity contribution in [3.05, 3.63) is 50.6 Å². The topological polar surface area (TPSA) is 73.2 Å². The molecule has 2 aromatic rings. The first-order valence-electron chi connectivity index (χ1n) is 6.64. The first-order valence-corrected chi connectivity index (χ1v) is 7.45. The third-order valence-corrected chi connectivity index (χ3v) is 4.39. The lowest BCUT2D eigenvalue weighted by atomic mass is 10.1. The Labute approximate surface area is 125 Å². The van der Waals surface area contributed by atoms with E-state index < -0.39 is 0 Å². The minimum Gasteiger partial charge on any atom is -0.377 e. The highest BCUT2D eigenvalue weighted by Gasteiger charge is 2.32. The van der Waals surface area contributed by atoms with Crippen molar-refractivity contribution in [3.63, 3.8) is 0 Å². The number of hydrogen-bond acceptors (Lipinski definition) is 5. The Morgan fingerprint density at radius 3 is 3.00 bits per heavy atom. The van der Waals surface area contributed by atoms with Crippen molar-refractivity contribution in [2.24, 2.45) is 0 Å². The molecule has 1 aliphatic heterocycles. The molecule has 21 heavy (non-hydrogen) atoms. The van der Waals surface area contributed by atoms with E-state index in [1.54, 1.807) is 18.3 Å². The number of aromatic nitrogens is 2. The van der Waals surface area contributed by atoms with Crippen LogP contribution in [0.15, 0.2) is 35.3 Å². The lowest BCUT2D eigenvalue weighted by Crippen LogP contribution is -2.43. The highest BCUT2D eigenvalue weighted by atomic mass is 32.1. The Morgan fingerprint density at radius 1 is 1.43 bits per heavy atom. The van der Waals surface area contributed by atoms with Crippen LogP contribution in [-0.2, 0) is 4.74 Å². The fraction of sp³-hybridized carbons (Fsp3) is 0.357. The summed E-state index contributed by atoms with van der Waals surface area (Å²) in [6.07, 6.45) is 1.56. The maximum Gasteiger partial charge on any atom is 0.267 e. The SMILES string of the molecule is Cc1ccc(C(=O)NC2COCC2n2ncccc2=O)s1. The van der Waals surface area contributed by atoms with Crippen LogP contribution in [-0.4, -0.2) is 34.9 Å². The van der Waals surface area contributed by atoms with E-state index in [1.807, 2.05) is 13.0 Å². The highest BCUT2D eigenvalue weighted by molar-refractivity contribution is 7.13. The van der Waals surface area contributed by atoms with Crippen LogP contribution in [0.1, 0.15) is 20.6 Å². The number of ether oxygens (including phenoxy) is 1. The number of nitrogens with zero attached hydrogens (tertiary/aromatic N) is 2. The number of nitrogens with one attached hydrogen (secondary N) is 1. The minimum absolute atomic E-state index is 0.141. The zero-order valence-electron chi connectivity index (χ0n) is 11.5. The molecular formula is C14H15N3O3S. The summed E-state index contributed by atoms with van der Waals surface area (Å²) in [5.41, 5.74) is -0.195. The van der Waals surface area contributed by atoms with Crippen molar-refractivity contribution in [1.82, 2.24) is 15.1 Å². The summed E-state index contributed by atoms with van der Waals surface area (Å²) in [6.45, 7) is 2.70. The first-order chi connectivity index (χ1) is 10.1. The maximum absolute atomic E-state index is 12.2. The predicted octanol–water partition coefficient (Wildman–Crippen LogP) is 0.983. The standard InChI is InChI=1S/C14H15N3O3S/c1-9-4-5-12(21-9)14(19)16-10-7-20-8-11(10)17-13(18)3-2-6-15-17/h2-6,10-11H,7-8H2,1H3,(H,16,19). The van der Waals surface area contributed by atoms with Crippen molar-refractivity contribution >= 4 is 17.2 Å². The van der Waals surface area contributed by atoms with Crippen LogP contribution in [0.2, 0.25) is 0 Å². The number of rotatable bonds is 3. The van der Waals surface area contributed by atoms with Crippen LogP contribution < -0.4 is 10.9 Å². The van der Waals surface area contributed by atoms with Crippen molar-refractivity contribution < 1.29 is 9.53 Å². The zero-order chi connectivity index (χ0) is 14.8. The molecule has 0 spiro atoms. The Kier molecular flexibility index (Phi) is 3.85. The number of hydrogen-bond donors (Lipinski definition) is 1. The van der Waals surface area contributed by atoms with E-state index in [4.69, 9.17) is 4.74 Å². The van der Waals surface area contributed by atoms with Gasteiger partial charge in [-0.2, -0.15) is 5.10 Å². The minimum atomic E-state index is -0.274. The van der Waals surface area contributed by atoms with Crippen LogP contribution in [0.3, 0.4) is 0 Å². The quantitative estimate of drug-likeness (QED) is 0.917. The number of carbonyl (C=O) groups excluding carboxylic acids is 1. The summed E-state index contributed by atoms with van der Waals surface area (Å²) in [4.78, 5) is 25.8. The Morgan fingerprint density at radius 2 is 2.29 bits per heavy atom. The van der Waals surface area contributed by atoms with E-state index in [2.05, 4.69) is 10.4 Å². The molecule has 6 nitrogen and oxygen atoms in total. The van der Waals surface area contributed by atoms with Gasteiger partial charge in [-0.1, -0.05) is 0 Å². The molecule has 3 heterocycles. The van der Waals surface area contributed by atoms with Gasteiger partial charge in [0.1, 0.15) is 6.04 Å². The number of aryl methyl sites for hydroxylation is 1. The van der Waals surface area contributed by atoms with Crippen molar-refractivity contribution in [1.29, 1.82) is 0 Å². The molecule has 0 bridgehead atoms. The van der Waals surface area contributed by atoms with Gasteiger partial charge in [0.15, 0.2) is 0 Å². The van der Waals surface area contributed by atoms with Gasteiger partial charge in [0, 0.05) is 17.1 Å². The maximum atomic E-state index is 12.2. The van der Waals surface area contributed by atoms with E-state index in [0.29, 0.717) is 18.1 Å². The van der Waals surface area contributed by atoms with Crippen molar-refractivity contribution in [3.8, 4) is 0 Å². The van der Waals surface area contributed by atoms with Crippen molar-refractivity contribution in [2.75, 3.05) is 13.2 Å². The average molecular weight is 305 g/mol. The highest BCUT2D eigenvalue weighted by Crippen LogP contribution is 2.19. The molecule has 110 valence electrons. The fourth-order valence-electron chi connectivity index (χ4n) is 2.34. The monoisotopic (exact) mass is 305 g/mol. The molecule has 1 saturated heterocycles. The first kappa shape index (κ1) is 14.0. The molecule has 0 aromatic carbocycles. The van der Waals surface area contributed by atoms with E-state index in [1.165, 1.54) is 22.1 Å². The second-order valence-corrected chi connectivity index (χ2v) is 6.19. The van der Waals surface area contributed by atoms with Gasteiger partial charge < -0.3 is 10.1 Å². The van der Waals surface area contributed by atoms with Gasteiger partial charge in [-0.3, -0.25) is 9.59 Å². The van der Waals surface area contributed by atoms with Gasteiger partial charge in [-0.15, -0.1) is 11.3 Å². The van der Waals surface area contributed by atoms with E-state index in [0.717, 1.165) is 4.88 Å². The van der Waals surface area contributed by atoms with E-state index >= 15 is 0 Å². The summed E-state index contributed by atoms with van der Waals surface area (Å²) in [6, 6.07) is 6.22. The second-order valence-electron chi connectivity index (χ2n) is 4.90. The summed E-state index contributed by atoms with van der Waals surface area (Å²) < 4.78 is 6.78. The van der Waals surface area contributed by atoms with Gasteiger partial charge in [0.05, 0.1) is 24.1 Å². The molecule has 3 rings (SSSR count). The molecule has 1 aliphatic rings. The summed E-state index contributed by atoms with van der Waals surface area (Å²) in [5, 5.41) is 7.00. The molecule has 0 aliphatic carbocycles. The zero-order valence-corrected chi connectivity index (χ0v) is 12.3. The van der Waals surface area contributed by atoms with E-state index in [9.17, 15) is 9.59 Å². The van der Waals surface area contributed by atoms with Crippen LogP contribution in [0.4, 0.5) is 0 Å². The van der Waals surface area contributed by atoms with Gasteiger partial charge in [-0.05, 0) is 25.1 Å². The molecule has 7 heteroatoms. The van der Waals surface area contributed by atoms with Crippen molar-refractivity contribution in [2.45, 2.75) is 19.0 Å². The van der Waals surface area contributed by atoms with Gasteiger partial charge in [-0.25, -0.2) is 4.68 Å². The van der Waals surface area contributed by atoms with Gasteiger partial charge >= 0.3 is 0 Å². The molecule has 1 amide bonds. The number of carbonyl (C=O) groups is 1. The average Bonchev–Trinajstić information content (AvgIpc) is 3.08. The third kappa shape index (κ3) is 2.88. The predicted molar refractivity (Wildman–Crippen MR) is 78.7 cm³/mol. The molecule has 2 atom stereocenters. The summed E-state index contributed by atoms with van der Waals surface area (Å²) >= 11 is 1.44. The Hall–Kier alpha value is -1.99. The fourth-order valence-corrected chi connectivity index (χ4v) is 3.11. The number of amides is 1. The Bertz CT molecular complexity index is 709. The molecule has 2 unspecified atom stereocenters. The Balaban J connectivity index is 1.77. The summed E-state index contributed by atoms with van der Waals surface area (Å²) in [5.74, 6) is -0.141. The number of thiophene rings is 1. The largest absolute Gasteiger partial charge is 0.377 e. The molecule has 2 aromatic heterocycles. The van der Waals surface area contributed by atoms with Crippen LogP contribution in [0.5, 0.6) is 0 Å². The smallest absolute Gasteiger partial charge is 0.267 e. The second kappa shape index (κ2) is 5.79. The lowest BCUT2D eigenvalue weighted by Gasteiger charge is -2.19. The molecular weight excluding hydrogens is 290 g/mol. The molecule has 1 N–H and O–H groups in total. The molecule has 0 radical (unpaired) electrons. The molecule has 0 saturated carbocycles. The van der Waals surface area contributed by atoms with Crippen LogP contribution in [0.25, 0.3) is 0 Å². The summed E-state index contributed by atoms with van der Waals surface area (Å²) in [7, 11) is 0. The lowest BCUT2D eigenvalue weighted by molar-refractivity contribution is 0.0929. The van der Waals surface area contributed by atoms with Crippen LogP contribution >= 0.6 is 11.3 Å². The van der Waals surface area contributed by atoms with Gasteiger partial charge in [0.2, 0.25) is 0 Å². The normalized spacial score (nSPS) is 21.4. The van der Waals surface area contributed by atoms with E-state index in [-0.39, 0.29) is 23.6 Å². The third-order valence-electron chi connectivity index (χ3n) is 3.39. The van der Waals surface area contributed by atoms with Gasteiger partial charge in [0.25, 0.3) is 11.5 Å². The molecule has 1 fully saturated rings. The van der Waals surface area contributed by atoms with Crippen LogP contribution in [0, 0.1) is 6.92 Å².